The summed E-state index contributed by atoms with van der Waals surface area (Å²) in [6.07, 6.45) is 2.81. The second-order valence-electron chi connectivity index (χ2n) is 6.62. The van der Waals surface area contributed by atoms with Crippen LogP contribution in [0.3, 0.4) is 0 Å². The van der Waals surface area contributed by atoms with Crippen molar-refractivity contribution in [1.82, 2.24) is 14.7 Å². The van der Waals surface area contributed by atoms with E-state index in [4.69, 9.17) is 0 Å². The van der Waals surface area contributed by atoms with Crippen molar-refractivity contribution >= 4 is 0 Å². The minimum atomic E-state index is 0.726. The maximum absolute atomic E-state index is 2.73. The third-order valence-corrected chi connectivity index (χ3v) is 5.21. The first-order valence-electron chi connectivity index (χ1n) is 8.34. The largest absolute Gasteiger partial charge is 0.304 e. The normalized spacial score (nSPS) is 32.8. The van der Waals surface area contributed by atoms with Gasteiger partial charge in [-0.1, -0.05) is 13.8 Å². The molecular weight excluding hydrogens is 234 g/mol. The van der Waals surface area contributed by atoms with E-state index in [1.165, 1.54) is 58.7 Å². The first-order valence-corrected chi connectivity index (χ1v) is 8.34. The molecule has 3 nitrogen and oxygen atoms in total. The van der Waals surface area contributed by atoms with Crippen molar-refractivity contribution in [2.45, 2.75) is 52.6 Å². The van der Waals surface area contributed by atoms with Crippen molar-refractivity contribution in [2.75, 3.05) is 45.8 Å². The molecular formula is C16H33N3. The highest BCUT2D eigenvalue weighted by Gasteiger charge is 2.30. The van der Waals surface area contributed by atoms with Crippen molar-refractivity contribution in [3.8, 4) is 0 Å². The fourth-order valence-corrected chi connectivity index (χ4v) is 4.09. The van der Waals surface area contributed by atoms with Crippen molar-refractivity contribution in [1.29, 1.82) is 0 Å². The molecule has 0 spiro atoms. The fourth-order valence-electron chi connectivity index (χ4n) is 4.09. The molecule has 2 atom stereocenters. The van der Waals surface area contributed by atoms with Gasteiger partial charge in [-0.25, -0.2) is 0 Å². The van der Waals surface area contributed by atoms with Crippen LogP contribution in [0.15, 0.2) is 0 Å². The molecule has 0 bridgehead atoms. The number of likely N-dealkylation sites (N-methyl/N-ethyl adjacent to an activating group) is 1. The Labute approximate surface area is 119 Å². The Morgan fingerprint density at radius 2 is 1.42 bits per heavy atom. The number of hydrogen-bond donors (Lipinski definition) is 0. The molecule has 2 rings (SSSR count). The van der Waals surface area contributed by atoms with E-state index in [1.54, 1.807) is 0 Å². The number of hydrogen-bond acceptors (Lipinski definition) is 3. The van der Waals surface area contributed by atoms with Crippen molar-refractivity contribution in [3.05, 3.63) is 0 Å². The molecule has 112 valence electrons. The third-order valence-electron chi connectivity index (χ3n) is 5.21. The van der Waals surface area contributed by atoms with E-state index in [0.717, 1.165) is 18.0 Å². The van der Waals surface area contributed by atoms with Gasteiger partial charge in [-0.2, -0.15) is 0 Å². The van der Waals surface area contributed by atoms with Gasteiger partial charge in [-0.3, -0.25) is 9.80 Å². The average Bonchev–Trinajstić information content (AvgIpc) is 2.39. The number of rotatable bonds is 4. The zero-order valence-corrected chi connectivity index (χ0v) is 13.4. The van der Waals surface area contributed by atoms with E-state index < -0.39 is 0 Å². The molecule has 0 aromatic rings. The highest BCUT2D eigenvalue weighted by atomic mass is 15.3. The molecule has 0 aromatic heterocycles. The molecule has 0 aliphatic carbocycles. The lowest BCUT2D eigenvalue weighted by atomic mass is 9.95. The molecule has 0 aromatic carbocycles. The van der Waals surface area contributed by atoms with Crippen molar-refractivity contribution < 1.29 is 0 Å². The molecule has 2 heterocycles. The summed E-state index contributed by atoms with van der Waals surface area (Å²) >= 11 is 0. The van der Waals surface area contributed by atoms with Gasteiger partial charge in [0.05, 0.1) is 0 Å². The number of piperazine rings is 1. The van der Waals surface area contributed by atoms with Crippen LogP contribution in [0.1, 0.15) is 40.5 Å². The number of piperidine rings is 1. The molecule has 19 heavy (non-hydrogen) atoms. The van der Waals surface area contributed by atoms with Crippen LogP contribution >= 0.6 is 0 Å². The van der Waals surface area contributed by atoms with Crippen LogP contribution in [0.2, 0.25) is 0 Å². The Balaban J connectivity index is 1.78. The molecule has 2 aliphatic heterocycles. The summed E-state index contributed by atoms with van der Waals surface area (Å²) in [6.45, 7) is 18.3. The molecule has 2 saturated heterocycles. The maximum Gasteiger partial charge on any atom is 0.0198 e. The van der Waals surface area contributed by atoms with Crippen LogP contribution < -0.4 is 0 Å². The smallest absolute Gasteiger partial charge is 0.0198 e. The van der Waals surface area contributed by atoms with Gasteiger partial charge in [-0.15, -0.1) is 0 Å². The predicted octanol–water partition coefficient (Wildman–Crippen LogP) is 2.13. The van der Waals surface area contributed by atoms with Gasteiger partial charge in [0.1, 0.15) is 0 Å². The summed E-state index contributed by atoms with van der Waals surface area (Å²) in [5, 5.41) is 0. The van der Waals surface area contributed by atoms with Crippen LogP contribution in [-0.4, -0.2) is 72.6 Å². The van der Waals surface area contributed by atoms with Gasteiger partial charge < -0.3 is 4.90 Å². The van der Waals surface area contributed by atoms with Crippen molar-refractivity contribution in [2.24, 2.45) is 5.92 Å². The SMILES string of the molecule is CCN1CCC(CN2CC(C)N(CC)C(C)C2)CC1. The molecule has 0 N–H and O–H groups in total. The van der Waals surface area contributed by atoms with Crippen LogP contribution in [0.25, 0.3) is 0 Å². The molecule has 2 unspecified atom stereocenters. The quantitative estimate of drug-likeness (QED) is 0.772. The Morgan fingerprint density at radius 1 is 0.842 bits per heavy atom. The Morgan fingerprint density at radius 3 is 1.89 bits per heavy atom. The number of nitrogens with zero attached hydrogens (tertiary/aromatic N) is 3. The Hall–Kier alpha value is -0.120. The van der Waals surface area contributed by atoms with Gasteiger partial charge in [0.15, 0.2) is 0 Å². The van der Waals surface area contributed by atoms with E-state index in [0.29, 0.717) is 0 Å². The van der Waals surface area contributed by atoms with E-state index >= 15 is 0 Å². The van der Waals surface area contributed by atoms with Crippen molar-refractivity contribution in [3.63, 3.8) is 0 Å². The van der Waals surface area contributed by atoms with Crippen LogP contribution in [0.4, 0.5) is 0 Å². The standard InChI is InChI=1S/C16H33N3/c1-5-17-9-7-16(8-10-17)13-18-11-14(3)19(6-2)15(4)12-18/h14-16H,5-13H2,1-4H3. The maximum atomic E-state index is 2.73. The molecule has 0 amide bonds. The first kappa shape index (κ1) is 15.3. The third kappa shape index (κ3) is 3.93. The lowest BCUT2D eigenvalue weighted by molar-refractivity contribution is 0.0284. The molecule has 2 fully saturated rings. The molecule has 2 aliphatic rings. The summed E-state index contributed by atoms with van der Waals surface area (Å²) in [5.74, 6) is 0.940. The summed E-state index contributed by atoms with van der Waals surface area (Å²) in [7, 11) is 0. The lowest BCUT2D eigenvalue weighted by Gasteiger charge is -2.45. The van der Waals surface area contributed by atoms with Crippen LogP contribution in [0, 0.1) is 5.92 Å². The first-order chi connectivity index (χ1) is 9.13. The minimum absolute atomic E-state index is 0.726. The molecule has 3 heteroatoms. The second kappa shape index (κ2) is 7.05. The summed E-state index contributed by atoms with van der Waals surface area (Å²) in [6, 6.07) is 1.45. The Kier molecular flexibility index (Phi) is 5.67. The van der Waals surface area contributed by atoms with E-state index in [-0.39, 0.29) is 0 Å². The van der Waals surface area contributed by atoms with Gasteiger partial charge in [0, 0.05) is 31.7 Å². The average molecular weight is 267 g/mol. The predicted molar refractivity (Wildman–Crippen MR) is 82.6 cm³/mol. The van der Waals surface area contributed by atoms with Gasteiger partial charge >= 0.3 is 0 Å². The lowest BCUT2D eigenvalue weighted by Crippen LogP contribution is -2.57. The van der Waals surface area contributed by atoms with E-state index in [1.807, 2.05) is 0 Å². The monoisotopic (exact) mass is 267 g/mol. The summed E-state index contributed by atoms with van der Waals surface area (Å²) < 4.78 is 0. The Bertz CT molecular complexity index is 249. The summed E-state index contributed by atoms with van der Waals surface area (Å²) in [4.78, 5) is 7.97. The zero-order valence-electron chi connectivity index (χ0n) is 13.4. The van der Waals surface area contributed by atoms with Gasteiger partial charge in [0.25, 0.3) is 0 Å². The fraction of sp³-hybridized carbons (Fsp3) is 1.00. The molecule has 0 saturated carbocycles. The van der Waals surface area contributed by atoms with E-state index in [2.05, 4.69) is 42.4 Å². The highest BCUT2D eigenvalue weighted by molar-refractivity contribution is 4.86. The van der Waals surface area contributed by atoms with Gasteiger partial charge in [-0.05, 0) is 58.8 Å². The minimum Gasteiger partial charge on any atom is -0.304 e. The molecule has 0 radical (unpaired) electrons. The zero-order chi connectivity index (χ0) is 13.8. The van der Waals surface area contributed by atoms with E-state index in [9.17, 15) is 0 Å². The summed E-state index contributed by atoms with van der Waals surface area (Å²) in [5.41, 5.74) is 0. The topological polar surface area (TPSA) is 9.72 Å². The van der Waals surface area contributed by atoms with Crippen LogP contribution in [-0.2, 0) is 0 Å². The highest BCUT2D eigenvalue weighted by Crippen LogP contribution is 2.21. The number of likely N-dealkylation sites (tertiary alicyclic amines) is 1. The van der Waals surface area contributed by atoms with Gasteiger partial charge in [0.2, 0.25) is 0 Å². The van der Waals surface area contributed by atoms with Crippen LogP contribution in [0.5, 0.6) is 0 Å². The second-order valence-corrected chi connectivity index (χ2v) is 6.62.